The van der Waals surface area contributed by atoms with Gasteiger partial charge in [-0.15, -0.1) is 11.8 Å². The molecule has 0 saturated carbocycles. The highest BCUT2D eigenvalue weighted by Gasteiger charge is 2.00. The summed E-state index contributed by atoms with van der Waals surface area (Å²) in [4.78, 5) is 0. The highest BCUT2D eigenvalue weighted by atomic mass is 79.9. The summed E-state index contributed by atoms with van der Waals surface area (Å²) in [5, 5.41) is 2.98. The quantitative estimate of drug-likeness (QED) is 0.645. The third-order valence-corrected chi connectivity index (χ3v) is 2.17. The van der Waals surface area contributed by atoms with Crippen LogP contribution in [0.5, 0.6) is 0 Å². The summed E-state index contributed by atoms with van der Waals surface area (Å²) in [6.45, 7) is 2.46. The van der Waals surface area contributed by atoms with Crippen LogP contribution in [0.1, 0.15) is 13.3 Å². The number of nitrogens with one attached hydrogen (secondary N) is 1. The zero-order valence-corrected chi connectivity index (χ0v) is 9.49. The second kappa shape index (κ2) is 5.66. The van der Waals surface area contributed by atoms with Crippen molar-refractivity contribution in [3.05, 3.63) is 28.5 Å². The average molecular weight is 256 g/mol. The van der Waals surface area contributed by atoms with Gasteiger partial charge in [0.15, 0.2) is 0 Å². The molecule has 0 aliphatic heterocycles. The maximum Gasteiger partial charge on any atom is 0.147 e. The molecule has 1 nitrogen and oxygen atoms in total. The minimum atomic E-state index is -0.246. The number of hydrogen-bond donors (Lipinski definition) is 1. The van der Waals surface area contributed by atoms with Crippen LogP contribution < -0.4 is 5.32 Å². The molecule has 0 heterocycles. The predicted molar refractivity (Wildman–Crippen MR) is 60.7 cm³/mol. The molecular weight excluding hydrogens is 245 g/mol. The first-order chi connectivity index (χ1) is 6.74. The summed E-state index contributed by atoms with van der Waals surface area (Å²) < 4.78 is 14.0. The fraction of sp³-hybridized carbons (Fsp3) is 0.273. The molecule has 0 aliphatic rings. The Labute approximate surface area is 91.8 Å². The number of benzene rings is 1. The van der Waals surface area contributed by atoms with Gasteiger partial charge < -0.3 is 5.32 Å². The first kappa shape index (κ1) is 11.1. The highest BCUT2D eigenvalue weighted by Crippen LogP contribution is 2.18. The third-order valence-electron chi connectivity index (χ3n) is 1.67. The smallest absolute Gasteiger partial charge is 0.147 e. The largest absolute Gasteiger partial charge is 0.382 e. The van der Waals surface area contributed by atoms with E-state index in [2.05, 4.69) is 33.1 Å². The predicted octanol–water partition coefficient (Wildman–Crippen LogP) is 3.41. The lowest BCUT2D eigenvalue weighted by molar-refractivity contribution is 0.629. The minimum Gasteiger partial charge on any atom is -0.382 e. The summed E-state index contributed by atoms with van der Waals surface area (Å²) in [6.07, 6.45) is 0.728. The number of halogens is 2. The molecule has 3 heteroatoms. The number of anilines is 1. The molecule has 1 aromatic carbocycles. The minimum absolute atomic E-state index is 0.246. The molecule has 1 aromatic rings. The van der Waals surface area contributed by atoms with Gasteiger partial charge in [-0.3, -0.25) is 0 Å². The SMILES string of the molecule is CC#CCCNc1ccc(Br)cc1F. The Hall–Kier alpha value is -1.01. The van der Waals surface area contributed by atoms with Crippen LogP contribution in [0.25, 0.3) is 0 Å². The lowest BCUT2D eigenvalue weighted by Crippen LogP contribution is -2.02. The summed E-state index contributed by atoms with van der Waals surface area (Å²) in [5.74, 6) is 5.45. The molecule has 0 atom stereocenters. The van der Waals surface area contributed by atoms with E-state index < -0.39 is 0 Å². The maximum atomic E-state index is 13.2. The summed E-state index contributed by atoms with van der Waals surface area (Å²) in [5.41, 5.74) is 0.520. The van der Waals surface area contributed by atoms with E-state index in [0.29, 0.717) is 12.2 Å². The van der Waals surface area contributed by atoms with Crippen LogP contribution >= 0.6 is 15.9 Å². The van der Waals surface area contributed by atoms with Gasteiger partial charge in [-0.25, -0.2) is 4.39 Å². The van der Waals surface area contributed by atoms with Crippen molar-refractivity contribution in [3.63, 3.8) is 0 Å². The normalized spacial score (nSPS) is 9.07. The Morgan fingerprint density at radius 3 is 2.93 bits per heavy atom. The van der Waals surface area contributed by atoms with Crippen LogP contribution in [0, 0.1) is 17.7 Å². The lowest BCUT2D eigenvalue weighted by Gasteiger charge is -2.05. The molecule has 0 unspecified atom stereocenters. The van der Waals surface area contributed by atoms with Gasteiger partial charge in [-0.2, -0.15) is 0 Å². The fourth-order valence-electron chi connectivity index (χ4n) is 1.02. The van der Waals surface area contributed by atoms with Gasteiger partial charge in [0.2, 0.25) is 0 Å². The first-order valence-electron chi connectivity index (χ1n) is 4.32. The first-order valence-corrected chi connectivity index (χ1v) is 5.12. The van der Waals surface area contributed by atoms with Gasteiger partial charge in [0.25, 0.3) is 0 Å². The van der Waals surface area contributed by atoms with Crippen molar-refractivity contribution in [3.8, 4) is 11.8 Å². The molecule has 74 valence electrons. The van der Waals surface area contributed by atoms with Crippen molar-refractivity contribution in [2.75, 3.05) is 11.9 Å². The third kappa shape index (κ3) is 3.39. The van der Waals surface area contributed by atoms with Gasteiger partial charge in [-0.05, 0) is 25.1 Å². The second-order valence-electron chi connectivity index (χ2n) is 2.73. The summed E-state index contributed by atoms with van der Waals surface area (Å²) >= 11 is 3.20. The molecule has 0 spiro atoms. The van der Waals surface area contributed by atoms with Crippen LogP contribution in [-0.4, -0.2) is 6.54 Å². The van der Waals surface area contributed by atoms with Gasteiger partial charge in [-0.1, -0.05) is 15.9 Å². The maximum absolute atomic E-state index is 13.2. The van der Waals surface area contributed by atoms with Gasteiger partial charge in [0.1, 0.15) is 5.82 Å². The molecule has 0 amide bonds. The molecule has 1 N–H and O–H groups in total. The highest BCUT2D eigenvalue weighted by molar-refractivity contribution is 9.10. The topological polar surface area (TPSA) is 12.0 Å². The molecule has 0 bridgehead atoms. The van der Waals surface area contributed by atoms with Crippen LogP contribution in [0.2, 0.25) is 0 Å². The van der Waals surface area contributed by atoms with Crippen LogP contribution in [0.15, 0.2) is 22.7 Å². The molecule has 0 fully saturated rings. The van der Waals surface area contributed by atoms with E-state index in [1.165, 1.54) is 6.07 Å². The molecule has 0 aromatic heterocycles. The van der Waals surface area contributed by atoms with E-state index in [0.717, 1.165) is 10.9 Å². The Bertz CT molecular complexity index is 365. The number of hydrogen-bond acceptors (Lipinski definition) is 1. The van der Waals surface area contributed by atoms with E-state index in [4.69, 9.17) is 0 Å². The van der Waals surface area contributed by atoms with E-state index in [9.17, 15) is 4.39 Å². The zero-order chi connectivity index (χ0) is 10.4. The summed E-state index contributed by atoms with van der Waals surface area (Å²) in [7, 11) is 0. The van der Waals surface area contributed by atoms with Crippen molar-refractivity contribution in [1.29, 1.82) is 0 Å². The molecule has 0 radical (unpaired) electrons. The second-order valence-corrected chi connectivity index (χ2v) is 3.64. The Morgan fingerprint density at radius 2 is 2.29 bits per heavy atom. The van der Waals surface area contributed by atoms with Crippen molar-refractivity contribution < 1.29 is 4.39 Å². The molecule has 14 heavy (non-hydrogen) atoms. The van der Waals surface area contributed by atoms with Crippen LogP contribution in [0.4, 0.5) is 10.1 Å². The van der Waals surface area contributed by atoms with Gasteiger partial charge >= 0.3 is 0 Å². The molecule has 1 rings (SSSR count). The summed E-state index contributed by atoms with van der Waals surface area (Å²) in [6, 6.07) is 4.95. The lowest BCUT2D eigenvalue weighted by atomic mass is 10.3. The van der Waals surface area contributed by atoms with Crippen LogP contribution in [0.3, 0.4) is 0 Å². The van der Waals surface area contributed by atoms with Gasteiger partial charge in [0, 0.05) is 17.4 Å². The Morgan fingerprint density at radius 1 is 1.50 bits per heavy atom. The average Bonchev–Trinajstić information content (AvgIpc) is 2.15. The van der Waals surface area contributed by atoms with E-state index in [1.807, 2.05) is 0 Å². The monoisotopic (exact) mass is 255 g/mol. The zero-order valence-electron chi connectivity index (χ0n) is 7.90. The number of rotatable bonds is 3. The van der Waals surface area contributed by atoms with E-state index in [1.54, 1.807) is 19.1 Å². The Balaban J connectivity index is 2.53. The van der Waals surface area contributed by atoms with Crippen molar-refractivity contribution in [2.24, 2.45) is 0 Å². The molecule has 0 aliphatic carbocycles. The van der Waals surface area contributed by atoms with Crippen molar-refractivity contribution in [2.45, 2.75) is 13.3 Å². The molecular formula is C11H11BrFN. The van der Waals surface area contributed by atoms with Crippen molar-refractivity contribution >= 4 is 21.6 Å². The molecule has 0 saturated heterocycles. The standard InChI is InChI=1S/C11H11BrFN/c1-2-3-4-7-14-11-6-5-9(12)8-10(11)13/h5-6,8,14H,4,7H2,1H3. The van der Waals surface area contributed by atoms with Crippen LogP contribution in [-0.2, 0) is 0 Å². The fourth-order valence-corrected chi connectivity index (χ4v) is 1.35. The van der Waals surface area contributed by atoms with Crippen molar-refractivity contribution in [1.82, 2.24) is 0 Å². The van der Waals surface area contributed by atoms with E-state index >= 15 is 0 Å². The Kier molecular flexibility index (Phi) is 4.48. The van der Waals surface area contributed by atoms with Gasteiger partial charge in [0.05, 0.1) is 5.69 Å². The van der Waals surface area contributed by atoms with E-state index in [-0.39, 0.29) is 5.82 Å².